The number of carbonyl (C=O) groups is 1. The van der Waals surface area contributed by atoms with Crippen molar-refractivity contribution in [1.82, 2.24) is 5.32 Å². The van der Waals surface area contributed by atoms with Crippen LogP contribution in [-0.2, 0) is 9.53 Å². The molecule has 1 amide bonds. The number of rotatable bonds is 6. The fraction of sp³-hybridized carbons (Fsp3) is 0.750. The van der Waals surface area contributed by atoms with Crippen molar-refractivity contribution in [3.05, 3.63) is 0 Å². The van der Waals surface area contributed by atoms with Crippen molar-refractivity contribution in [3.63, 3.8) is 0 Å². The quantitative estimate of drug-likeness (QED) is 0.238. The highest BCUT2D eigenvalue weighted by atomic mass is 16.5. The minimum atomic E-state index is -0.285. The molecule has 0 radical (unpaired) electrons. The summed E-state index contributed by atoms with van der Waals surface area (Å²) in [6.45, 7) is 4.77. The van der Waals surface area contributed by atoms with Gasteiger partial charge in [-0.25, -0.2) is 0 Å². The lowest BCUT2D eigenvalue weighted by Crippen LogP contribution is -2.37. The second-order valence-electron chi connectivity index (χ2n) is 2.90. The van der Waals surface area contributed by atoms with E-state index in [2.05, 4.69) is 10.5 Å². The Hall–Kier alpha value is -1.30. The van der Waals surface area contributed by atoms with E-state index in [0.717, 1.165) is 0 Å². The van der Waals surface area contributed by atoms with Gasteiger partial charge in [0.25, 0.3) is 0 Å². The molecule has 6 nitrogen and oxygen atoms in total. The van der Waals surface area contributed by atoms with Crippen molar-refractivity contribution in [2.45, 2.75) is 26.3 Å². The van der Waals surface area contributed by atoms with E-state index in [1.807, 2.05) is 13.8 Å². The minimum Gasteiger partial charge on any atom is -0.409 e. The van der Waals surface area contributed by atoms with Gasteiger partial charge in [0.2, 0.25) is 5.91 Å². The summed E-state index contributed by atoms with van der Waals surface area (Å²) in [6, 6.07) is -0.0751. The zero-order valence-electron chi connectivity index (χ0n) is 8.49. The Balaban J connectivity index is 3.71. The average molecular weight is 203 g/mol. The number of nitrogens with one attached hydrogen (secondary N) is 1. The first-order chi connectivity index (χ1) is 6.60. The van der Waals surface area contributed by atoms with Crippen LogP contribution in [0.5, 0.6) is 0 Å². The van der Waals surface area contributed by atoms with Crippen LogP contribution in [0.25, 0.3) is 0 Å². The molecule has 1 atom stereocenters. The number of amides is 1. The van der Waals surface area contributed by atoms with Crippen molar-refractivity contribution < 1.29 is 14.7 Å². The molecule has 6 heteroatoms. The van der Waals surface area contributed by atoms with Crippen molar-refractivity contribution in [3.8, 4) is 0 Å². The zero-order valence-corrected chi connectivity index (χ0v) is 8.49. The van der Waals surface area contributed by atoms with Gasteiger partial charge in [-0.1, -0.05) is 5.16 Å². The number of oxime groups is 1. The predicted molar refractivity (Wildman–Crippen MR) is 52.1 cm³/mol. The molecule has 0 aliphatic rings. The monoisotopic (exact) mass is 203 g/mol. The molecule has 0 bridgehead atoms. The van der Waals surface area contributed by atoms with E-state index in [9.17, 15) is 4.79 Å². The summed E-state index contributed by atoms with van der Waals surface area (Å²) in [5.41, 5.74) is 5.16. The molecule has 0 aromatic heterocycles. The second kappa shape index (κ2) is 7.14. The average Bonchev–Trinajstić information content (AvgIpc) is 2.14. The van der Waals surface area contributed by atoms with Crippen LogP contribution in [-0.4, -0.2) is 36.2 Å². The van der Waals surface area contributed by atoms with Crippen molar-refractivity contribution in [2.24, 2.45) is 10.9 Å². The largest absolute Gasteiger partial charge is 0.409 e. The highest BCUT2D eigenvalue weighted by Crippen LogP contribution is 1.87. The van der Waals surface area contributed by atoms with Gasteiger partial charge < -0.3 is 21.0 Å². The number of ether oxygens (including phenoxy) is 1. The Morgan fingerprint density at radius 3 is 2.86 bits per heavy atom. The lowest BCUT2D eigenvalue weighted by molar-refractivity contribution is -0.120. The standard InChI is InChI=1S/C8H17N3O3/c1-3-14-5-6(2)10-8(12)4-7(9)11-13/h6,13H,3-5H2,1-2H3,(H2,9,11)(H,10,12). The van der Waals surface area contributed by atoms with E-state index in [-0.39, 0.29) is 24.2 Å². The first-order valence-corrected chi connectivity index (χ1v) is 4.43. The molecule has 0 aromatic rings. The SMILES string of the molecule is CCOCC(C)NC(=O)CC(N)=NO. The van der Waals surface area contributed by atoms with Crippen LogP contribution in [0.15, 0.2) is 5.16 Å². The molecule has 0 aliphatic heterocycles. The molecule has 0 heterocycles. The van der Waals surface area contributed by atoms with Crippen LogP contribution in [0.1, 0.15) is 20.3 Å². The maximum atomic E-state index is 11.1. The fourth-order valence-corrected chi connectivity index (χ4v) is 0.862. The summed E-state index contributed by atoms with van der Waals surface area (Å²) in [6.07, 6.45) is -0.104. The molecule has 0 aliphatic carbocycles. The van der Waals surface area contributed by atoms with Crippen LogP contribution in [0.2, 0.25) is 0 Å². The van der Waals surface area contributed by atoms with Crippen molar-refractivity contribution in [1.29, 1.82) is 0 Å². The summed E-state index contributed by atoms with van der Waals surface area (Å²) in [4.78, 5) is 11.1. The summed E-state index contributed by atoms with van der Waals surface area (Å²) in [5.74, 6) is -0.390. The lowest BCUT2D eigenvalue weighted by Gasteiger charge is -2.12. The first-order valence-electron chi connectivity index (χ1n) is 4.43. The van der Waals surface area contributed by atoms with E-state index < -0.39 is 0 Å². The van der Waals surface area contributed by atoms with Gasteiger partial charge in [0.1, 0.15) is 5.84 Å². The summed E-state index contributed by atoms with van der Waals surface area (Å²) in [5, 5.41) is 13.6. The van der Waals surface area contributed by atoms with Crippen LogP contribution in [0.3, 0.4) is 0 Å². The summed E-state index contributed by atoms with van der Waals surface area (Å²) >= 11 is 0. The lowest BCUT2D eigenvalue weighted by atomic mass is 10.3. The van der Waals surface area contributed by atoms with Crippen LogP contribution < -0.4 is 11.1 Å². The number of nitrogens with two attached hydrogens (primary N) is 1. The molecule has 1 unspecified atom stereocenters. The molecule has 0 saturated carbocycles. The Morgan fingerprint density at radius 2 is 2.36 bits per heavy atom. The van der Waals surface area contributed by atoms with Gasteiger partial charge >= 0.3 is 0 Å². The number of amidine groups is 1. The number of hydrogen-bond acceptors (Lipinski definition) is 4. The number of nitrogens with zero attached hydrogens (tertiary/aromatic N) is 1. The van der Waals surface area contributed by atoms with Crippen molar-refractivity contribution in [2.75, 3.05) is 13.2 Å². The third kappa shape index (κ3) is 6.24. The van der Waals surface area contributed by atoms with E-state index in [4.69, 9.17) is 15.7 Å². The normalized spacial score (nSPS) is 13.7. The topological polar surface area (TPSA) is 96.9 Å². The molecular weight excluding hydrogens is 186 g/mol. The molecule has 0 spiro atoms. The molecule has 14 heavy (non-hydrogen) atoms. The number of carbonyl (C=O) groups excluding carboxylic acids is 1. The third-order valence-electron chi connectivity index (χ3n) is 1.45. The highest BCUT2D eigenvalue weighted by molar-refractivity contribution is 5.98. The zero-order chi connectivity index (χ0) is 11.0. The van der Waals surface area contributed by atoms with Gasteiger partial charge in [-0.2, -0.15) is 0 Å². The van der Waals surface area contributed by atoms with Gasteiger partial charge in [-0.05, 0) is 13.8 Å². The van der Waals surface area contributed by atoms with Gasteiger partial charge in [0, 0.05) is 12.6 Å². The van der Waals surface area contributed by atoms with Gasteiger partial charge in [-0.3, -0.25) is 4.79 Å². The predicted octanol–water partition coefficient (Wildman–Crippen LogP) is -0.336. The smallest absolute Gasteiger partial charge is 0.227 e. The van der Waals surface area contributed by atoms with Crippen LogP contribution in [0.4, 0.5) is 0 Å². The van der Waals surface area contributed by atoms with E-state index >= 15 is 0 Å². The molecule has 0 fully saturated rings. The molecule has 4 N–H and O–H groups in total. The number of hydrogen-bond donors (Lipinski definition) is 3. The fourth-order valence-electron chi connectivity index (χ4n) is 0.862. The van der Waals surface area contributed by atoms with E-state index in [1.54, 1.807) is 0 Å². The first kappa shape index (κ1) is 12.7. The van der Waals surface area contributed by atoms with Gasteiger partial charge in [0.15, 0.2) is 0 Å². The Labute approximate surface area is 83.1 Å². The van der Waals surface area contributed by atoms with E-state index in [0.29, 0.717) is 13.2 Å². The van der Waals surface area contributed by atoms with Crippen LogP contribution >= 0.6 is 0 Å². The third-order valence-corrected chi connectivity index (χ3v) is 1.45. The molecule has 0 aromatic carbocycles. The van der Waals surface area contributed by atoms with Crippen LogP contribution in [0, 0.1) is 0 Å². The molecular formula is C8H17N3O3. The molecule has 0 saturated heterocycles. The Kier molecular flexibility index (Phi) is 6.47. The van der Waals surface area contributed by atoms with Gasteiger partial charge in [0.05, 0.1) is 13.0 Å². The van der Waals surface area contributed by atoms with Gasteiger partial charge in [-0.15, -0.1) is 0 Å². The summed E-state index contributed by atoms with van der Waals surface area (Å²) < 4.78 is 5.10. The molecule has 82 valence electrons. The minimum absolute atomic E-state index is 0.0751. The van der Waals surface area contributed by atoms with E-state index in [1.165, 1.54) is 0 Å². The maximum absolute atomic E-state index is 11.1. The summed E-state index contributed by atoms with van der Waals surface area (Å²) in [7, 11) is 0. The second-order valence-corrected chi connectivity index (χ2v) is 2.90. The Morgan fingerprint density at radius 1 is 1.71 bits per heavy atom. The maximum Gasteiger partial charge on any atom is 0.227 e. The Bertz CT molecular complexity index is 206. The molecule has 0 rings (SSSR count). The highest BCUT2D eigenvalue weighted by Gasteiger charge is 2.08. The van der Waals surface area contributed by atoms with Crippen molar-refractivity contribution >= 4 is 11.7 Å².